The molecule has 0 aromatic heterocycles. The van der Waals surface area contributed by atoms with Crippen LogP contribution in [0.2, 0.25) is 0 Å². The second-order valence-corrected chi connectivity index (χ2v) is 8.22. The first-order valence-electron chi connectivity index (χ1n) is 10.9. The van der Waals surface area contributed by atoms with Gasteiger partial charge in [0, 0.05) is 0 Å². The first-order valence-corrected chi connectivity index (χ1v) is 10.9. The van der Waals surface area contributed by atoms with Crippen molar-refractivity contribution in [1.82, 2.24) is 0 Å². The summed E-state index contributed by atoms with van der Waals surface area (Å²) in [4.78, 5) is 0. The zero-order chi connectivity index (χ0) is 27.1. The minimum absolute atomic E-state index is 0.478. The second-order valence-electron chi connectivity index (χ2n) is 8.22. The van der Waals surface area contributed by atoms with E-state index in [9.17, 15) is 53.4 Å². The molecule has 203 valence electrons. The van der Waals surface area contributed by atoms with Gasteiger partial charge in [-0.2, -0.15) is 48.3 Å². The second kappa shape index (κ2) is 12.0. The number of alkyl halides is 11. The molecular formula is C22H26F11O2. The van der Waals surface area contributed by atoms with Gasteiger partial charge in [0.15, 0.2) is 6.61 Å². The highest BCUT2D eigenvalue weighted by molar-refractivity contribution is 5.27. The van der Waals surface area contributed by atoms with Crippen molar-refractivity contribution < 1.29 is 58.1 Å². The Hall–Kier alpha value is -1.79. The lowest BCUT2D eigenvalue weighted by Gasteiger charge is -2.37. The third-order valence-electron chi connectivity index (χ3n) is 5.32. The Kier molecular flexibility index (Phi) is 10.7. The molecule has 0 saturated carbocycles. The number of hydrogen-bond acceptors (Lipinski definition) is 1. The van der Waals surface area contributed by atoms with E-state index in [1.807, 2.05) is 6.92 Å². The average molecular weight is 531 g/mol. The maximum absolute atomic E-state index is 13.7. The van der Waals surface area contributed by atoms with Crippen molar-refractivity contribution in [3.8, 4) is 5.75 Å². The van der Waals surface area contributed by atoms with Gasteiger partial charge in [-0.1, -0.05) is 44.7 Å². The summed E-state index contributed by atoms with van der Waals surface area (Å²) in [5.74, 6) is -28.6. The molecule has 0 heterocycles. The lowest BCUT2D eigenvalue weighted by Crippen LogP contribution is -2.67. The van der Waals surface area contributed by atoms with Crippen LogP contribution in [0.1, 0.15) is 57.4 Å². The Bertz CT molecular complexity index is 762. The average Bonchev–Trinajstić information content (AvgIpc) is 2.75. The van der Waals surface area contributed by atoms with Gasteiger partial charge in [-0.15, -0.1) is 0 Å². The topological polar surface area (TPSA) is 29.1 Å². The summed E-state index contributed by atoms with van der Waals surface area (Å²) in [5.41, 5.74) is 0.652. The van der Waals surface area contributed by atoms with Gasteiger partial charge in [-0.3, -0.25) is 0 Å². The normalized spacial score (nSPS) is 14.8. The molecule has 0 bridgehead atoms. The fourth-order valence-corrected chi connectivity index (χ4v) is 3.09. The number of halogens is 11. The van der Waals surface area contributed by atoms with E-state index in [1.54, 1.807) is 0 Å². The summed E-state index contributed by atoms with van der Waals surface area (Å²) in [6, 6.07) is 4.72. The largest absolute Gasteiger partial charge is 0.487 e. The van der Waals surface area contributed by atoms with Gasteiger partial charge in [0.25, 0.3) is 0 Å². The summed E-state index contributed by atoms with van der Waals surface area (Å²) >= 11 is 0. The first kappa shape index (κ1) is 31.2. The summed E-state index contributed by atoms with van der Waals surface area (Å²) in [5, 5.41) is 11.8. The van der Waals surface area contributed by atoms with E-state index in [0.29, 0.717) is 37.7 Å². The summed E-state index contributed by atoms with van der Waals surface area (Å²) in [6.45, 7) is -0.554. The molecule has 1 rings (SSSR count). The Morgan fingerprint density at radius 2 is 1.23 bits per heavy atom. The highest BCUT2D eigenvalue weighted by atomic mass is 19.4. The van der Waals surface area contributed by atoms with Crippen LogP contribution >= 0.6 is 0 Å². The van der Waals surface area contributed by atoms with Gasteiger partial charge < -0.3 is 4.74 Å². The van der Waals surface area contributed by atoms with Gasteiger partial charge in [0.2, 0.25) is 0 Å². The monoisotopic (exact) mass is 531 g/mol. The van der Waals surface area contributed by atoms with Gasteiger partial charge in [-0.25, -0.2) is 5.11 Å². The van der Waals surface area contributed by atoms with Crippen LogP contribution in [0.3, 0.4) is 0 Å². The number of benzene rings is 1. The van der Waals surface area contributed by atoms with Gasteiger partial charge in [-0.05, 0) is 43.4 Å². The smallest absolute Gasteiger partial charge is 0.460 e. The molecule has 0 saturated heterocycles. The summed E-state index contributed by atoms with van der Waals surface area (Å²) in [7, 11) is 0. The molecule has 0 aliphatic heterocycles. The highest BCUT2D eigenvalue weighted by Gasteiger charge is 2.87. The minimum Gasteiger partial charge on any atom is -0.487 e. The van der Waals surface area contributed by atoms with Crippen molar-refractivity contribution in [3.63, 3.8) is 0 Å². The molecule has 1 aromatic carbocycles. The zero-order valence-electron chi connectivity index (χ0n) is 18.7. The number of hydrogen-bond donors (Lipinski definition) is 0. The van der Waals surface area contributed by atoms with Crippen molar-refractivity contribution in [2.45, 2.75) is 94.3 Å². The Balaban J connectivity index is 2.66. The van der Waals surface area contributed by atoms with Crippen LogP contribution in [-0.2, 0) is 11.5 Å². The van der Waals surface area contributed by atoms with E-state index in [2.05, 4.69) is 4.74 Å². The third kappa shape index (κ3) is 7.60. The Morgan fingerprint density at radius 1 is 0.714 bits per heavy atom. The number of aryl methyl sites for hydroxylation is 1. The molecule has 1 atom stereocenters. The third-order valence-corrected chi connectivity index (χ3v) is 5.32. The lowest BCUT2D eigenvalue weighted by molar-refractivity contribution is -0.423. The van der Waals surface area contributed by atoms with E-state index >= 15 is 0 Å². The first-order chi connectivity index (χ1) is 15.9. The molecule has 35 heavy (non-hydrogen) atoms. The maximum atomic E-state index is 13.7. The molecule has 1 radical (unpaired) electrons. The number of rotatable bonds is 15. The zero-order valence-corrected chi connectivity index (χ0v) is 18.7. The molecule has 13 heteroatoms. The van der Waals surface area contributed by atoms with Gasteiger partial charge in [0.05, 0.1) is 6.10 Å². The van der Waals surface area contributed by atoms with Crippen molar-refractivity contribution in [1.29, 1.82) is 0 Å². The van der Waals surface area contributed by atoms with Gasteiger partial charge in [0.1, 0.15) is 5.75 Å². The van der Waals surface area contributed by atoms with Crippen LogP contribution in [0.15, 0.2) is 24.3 Å². The van der Waals surface area contributed by atoms with Crippen LogP contribution in [0.4, 0.5) is 48.3 Å². The van der Waals surface area contributed by atoms with Crippen molar-refractivity contribution >= 4 is 0 Å². The molecule has 0 aliphatic carbocycles. The number of ether oxygens (including phenoxy) is 1. The standard InChI is InChI=1S/C22H26F11O2/c1-2-3-4-8-16(34)9-6-5-7-15-10-12-17(13-11-15)35-14-18(23,24)19(25,26)20(27,28)21(29,30)22(31,32)33/h10-13,16H,2-9,14H2,1H3. The predicted octanol–water partition coefficient (Wildman–Crippen LogP) is 8.26. The molecular weight excluding hydrogens is 505 g/mol. The molecule has 1 aromatic rings. The predicted molar refractivity (Wildman–Crippen MR) is 104 cm³/mol. The molecule has 0 fully saturated rings. The minimum atomic E-state index is -7.45. The molecule has 0 N–H and O–H groups in total. The van der Waals surface area contributed by atoms with E-state index in [-0.39, 0.29) is 0 Å². The molecule has 1 unspecified atom stereocenters. The molecule has 0 spiro atoms. The molecule has 0 amide bonds. The van der Waals surface area contributed by atoms with Crippen molar-refractivity contribution in [3.05, 3.63) is 29.8 Å². The van der Waals surface area contributed by atoms with Crippen molar-refractivity contribution in [2.24, 2.45) is 0 Å². The highest BCUT2D eigenvalue weighted by Crippen LogP contribution is 2.57. The molecule has 0 aliphatic rings. The lowest BCUT2D eigenvalue weighted by atomic mass is 9.98. The van der Waals surface area contributed by atoms with E-state index < -0.39 is 48.3 Å². The fraction of sp³-hybridized carbons (Fsp3) is 0.727. The van der Waals surface area contributed by atoms with Crippen LogP contribution in [0.25, 0.3) is 0 Å². The fourth-order valence-electron chi connectivity index (χ4n) is 3.09. The van der Waals surface area contributed by atoms with Crippen LogP contribution < -0.4 is 4.74 Å². The van der Waals surface area contributed by atoms with E-state index in [0.717, 1.165) is 31.4 Å². The molecule has 2 nitrogen and oxygen atoms in total. The van der Waals surface area contributed by atoms with E-state index in [4.69, 9.17) is 0 Å². The SMILES string of the molecule is CCCCCC([O])CCCCc1ccc(OCC(F)(F)C(F)(F)C(F)(F)C(F)(F)C(F)(F)F)cc1. The Labute approximate surface area is 195 Å². The maximum Gasteiger partial charge on any atom is 0.460 e. The van der Waals surface area contributed by atoms with Crippen LogP contribution in [0.5, 0.6) is 5.75 Å². The summed E-state index contributed by atoms with van der Waals surface area (Å²) in [6.07, 6.45) is -2.21. The summed E-state index contributed by atoms with van der Waals surface area (Å²) < 4.78 is 147. The van der Waals surface area contributed by atoms with Crippen LogP contribution in [0, 0.1) is 0 Å². The number of unbranched alkanes of at least 4 members (excludes halogenated alkanes) is 3. The van der Waals surface area contributed by atoms with Crippen LogP contribution in [-0.4, -0.2) is 42.6 Å². The van der Waals surface area contributed by atoms with E-state index in [1.165, 1.54) is 12.1 Å². The quantitative estimate of drug-likeness (QED) is 0.166. The van der Waals surface area contributed by atoms with Crippen molar-refractivity contribution in [2.75, 3.05) is 6.61 Å². The Morgan fingerprint density at radius 3 is 1.71 bits per heavy atom. The van der Waals surface area contributed by atoms with Gasteiger partial charge >= 0.3 is 29.9 Å².